The highest BCUT2D eigenvalue weighted by Gasteiger charge is 2.46. The first-order valence-electron chi connectivity index (χ1n) is 27.9. The topological polar surface area (TPSA) is 366 Å². The third kappa shape index (κ3) is 14.0. The number of ether oxygens (including phenoxy) is 1. The molecule has 0 aliphatic carbocycles. The molecule has 0 saturated carbocycles. The number of aliphatic hydroxyl groups is 1. The number of aromatic nitrogens is 7. The van der Waals surface area contributed by atoms with Gasteiger partial charge in [-0.15, -0.1) is 68.0 Å². The second kappa shape index (κ2) is 27.1. The Kier molecular flexibility index (Phi) is 18.9. The molecule has 9 heterocycles. The van der Waals surface area contributed by atoms with Crippen LogP contribution in [-0.2, 0) is 20.7 Å². The van der Waals surface area contributed by atoms with Crippen LogP contribution < -0.4 is 32.7 Å². The molecule has 7 amide bonds. The summed E-state index contributed by atoms with van der Waals surface area (Å²) in [5.74, 6) is -4.84. The van der Waals surface area contributed by atoms with Gasteiger partial charge in [0, 0.05) is 62.8 Å². The fraction of sp³-hybridized carbons (Fsp3) is 0.288. The van der Waals surface area contributed by atoms with Gasteiger partial charge in [0.1, 0.15) is 87.7 Å². The average molecular weight is 1330 g/mol. The quantitative estimate of drug-likeness (QED) is 0.0535. The zero-order valence-electron chi connectivity index (χ0n) is 48.3. The molecular weight excluding hydrogens is 1270 g/mol. The Morgan fingerprint density at radius 3 is 2.10 bits per heavy atom. The van der Waals surface area contributed by atoms with Crippen molar-refractivity contribution in [3.05, 3.63) is 147 Å². The number of amides is 7. The number of nitrogens with zero attached hydrogens (tertiary/aromatic N) is 9. The largest absolute Gasteiger partial charge is 0.508 e. The molecule has 10 N–H and O–H groups in total. The lowest BCUT2D eigenvalue weighted by atomic mass is 10.00. The highest BCUT2D eigenvalue weighted by molar-refractivity contribution is 7.15. The standard InChI is InChI=1S/C59H57N15O10S6/c1-27-41(76)21-74-46(27)57-70-40(26-89-57)54-66-36(22-86-54)44-32(15-16-33(63-44)53-67-37(23-87-53)48(61)78)52-68-38(24-85-52)49(79)64-34(20-42(60)77)55-72-43(28(2)90-55)51(81)71-45(47(30-9-6-5-7-10-30)84-59(83)62-17-8-18-73(3)4)56-69-39(25-88-56)50(80)65-35(58(74)82)19-29-11-13-31(75)14-12-29/h5-7,9-16,22-27,34-35,41,45-47,75-76H,8,17-21H2,1-4H3,(H2,60,77)(H2,61,78)(H,62,83)(H,64,79)(H,65,80)(H,71,81)/t27-,34-,35-,41-,45-,46-,47+/m0/s1. The van der Waals surface area contributed by atoms with E-state index in [1.54, 1.807) is 72.3 Å². The lowest BCUT2D eigenvalue weighted by molar-refractivity contribution is -0.134. The van der Waals surface area contributed by atoms with Gasteiger partial charge >= 0.3 is 6.09 Å². The van der Waals surface area contributed by atoms with Gasteiger partial charge in [0.2, 0.25) is 11.8 Å². The number of primary amides is 2. The monoisotopic (exact) mass is 1330 g/mol. The Labute approximate surface area is 537 Å². The molecule has 2 aliphatic heterocycles. The molecule has 90 heavy (non-hydrogen) atoms. The first-order valence-corrected chi connectivity index (χ1v) is 33.1. The van der Waals surface area contributed by atoms with Gasteiger partial charge in [-0.1, -0.05) is 49.4 Å². The molecule has 2 aromatic carbocycles. The van der Waals surface area contributed by atoms with E-state index < -0.39 is 90.3 Å². The zero-order chi connectivity index (χ0) is 63.5. The van der Waals surface area contributed by atoms with Gasteiger partial charge in [-0.25, -0.2) is 39.7 Å². The first kappa shape index (κ1) is 62.8. The molecule has 0 unspecified atom stereocenters. The number of pyridine rings is 1. The molecule has 11 rings (SSSR count). The fourth-order valence-electron chi connectivity index (χ4n) is 10.2. The smallest absolute Gasteiger partial charge is 0.407 e. The SMILES string of the molecule is Cc1sc2nc1C(=O)N[C@@H]([C@H](OC(=O)NCCCN(C)C)c1ccccc1)c1nc(cs1)C(=O)N[C@@H](Cc1ccc(O)cc1)C(=O)N1C[C@H](O)[C@H](C)[C@H]1c1nc(cs1)-c1nc(cs1)-c1nc(-c3nc(C(N)=O)cs3)ccc1-c1nc(cs1)C(=O)N[C@H]2CC(N)=O. The summed E-state index contributed by atoms with van der Waals surface area (Å²) in [6, 6.07) is 13.7. The minimum atomic E-state index is -1.31. The molecule has 2 aliphatic rings. The third-order valence-electron chi connectivity index (χ3n) is 14.7. The summed E-state index contributed by atoms with van der Waals surface area (Å²) < 4.78 is 6.20. The van der Waals surface area contributed by atoms with E-state index in [0.717, 1.165) is 34.0 Å². The summed E-state index contributed by atoms with van der Waals surface area (Å²) in [6.07, 6.45) is -2.97. The molecular formula is C59H57N15O10S6. The van der Waals surface area contributed by atoms with Gasteiger partial charge in [0.15, 0.2) is 6.10 Å². The van der Waals surface area contributed by atoms with Crippen LogP contribution in [0.1, 0.15) is 117 Å². The number of hydrogen-bond acceptors (Lipinski definition) is 24. The van der Waals surface area contributed by atoms with Gasteiger partial charge < -0.3 is 57.5 Å². The van der Waals surface area contributed by atoms with Crippen molar-refractivity contribution in [3.63, 3.8) is 0 Å². The van der Waals surface area contributed by atoms with E-state index in [0.29, 0.717) is 77.3 Å². The lowest BCUT2D eigenvalue weighted by Gasteiger charge is -2.29. The maximum absolute atomic E-state index is 15.3. The molecule has 25 nitrogen and oxygen atoms in total. The van der Waals surface area contributed by atoms with E-state index in [2.05, 4.69) is 26.3 Å². The number of phenols is 1. The van der Waals surface area contributed by atoms with Crippen LogP contribution in [0, 0.1) is 12.8 Å². The Balaban J connectivity index is 1.02. The van der Waals surface area contributed by atoms with Gasteiger partial charge in [-0.05, 0) is 69.4 Å². The van der Waals surface area contributed by atoms with Gasteiger partial charge in [-0.2, -0.15) is 0 Å². The molecule has 9 aromatic rings. The highest BCUT2D eigenvalue weighted by Crippen LogP contribution is 2.43. The van der Waals surface area contributed by atoms with E-state index in [-0.39, 0.29) is 58.1 Å². The van der Waals surface area contributed by atoms with Crippen LogP contribution in [0.3, 0.4) is 0 Å². The second-order valence-electron chi connectivity index (χ2n) is 21.4. The fourth-order valence-corrected chi connectivity index (χ4v) is 15.5. The van der Waals surface area contributed by atoms with Crippen LogP contribution in [0.5, 0.6) is 5.75 Å². The molecule has 464 valence electrons. The molecule has 7 atom stereocenters. The maximum Gasteiger partial charge on any atom is 0.407 e. The van der Waals surface area contributed by atoms with Crippen molar-refractivity contribution >= 4 is 110 Å². The Hall–Kier alpha value is -8.82. The number of thiazole rings is 6. The summed E-state index contributed by atoms with van der Waals surface area (Å²) in [6.45, 7) is 4.26. The van der Waals surface area contributed by atoms with E-state index in [9.17, 15) is 39.0 Å². The number of alkyl carbamates (subject to hydrolysis) is 1. The average Bonchev–Trinajstić information content (AvgIpc) is 1.72. The first-order chi connectivity index (χ1) is 43.2. The number of benzene rings is 2. The predicted molar refractivity (Wildman–Crippen MR) is 340 cm³/mol. The molecule has 10 bridgehead atoms. The number of nitrogens with two attached hydrogens (primary N) is 2. The Morgan fingerprint density at radius 2 is 1.37 bits per heavy atom. The van der Waals surface area contributed by atoms with Crippen molar-refractivity contribution in [2.45, 2.75) is 69.5 Å². The van der Waals surface area contributed by atoms with Crippen LogP contribution in [0.2, 0.25) is 0 Å². The minimum Gasteiger partial charge on any atom is -0.508 e. The van der Waals surface area contributed by atoms with Crippen molar-refractivity contribution in [3.8, 4) is 49.1 Å². The van der Waals surface area contributed by atoms with E-state index in [1.165, 1.54) is 67.2 Å². The van der Waals surface area contributed by atoms with E-state index in [1.807, 2.05) is 25.9 Å². The molecule has 1 saturated heterocycles. The molecule has 0 radical (unpaired) electrons. The number of nitrogens with one attached hydrogen (secondary N) is 4. The second-order valence-corrected chi connectivity index (χ2v) is 27.0. The number of aromatic hydroxyl groups is 1. The van der Waals surface area contributed by atoms with Gasteiger partial charge in [0.25, 0.3) is 23.6 Å². The van der Waals surface area contributed by atoms with Crippen molar-refractivity contribution in [1.82, 2.24) is 66.0 Å². The van der Waals surface area contributed by atoms with Crippen molar-refractivity contribution in [1.29, 1.82) is 0 Å². The maximum atomic E-state index is 15.3. The van der Waals surface area contributed by atoms with E-state index in [4.69, 9.17) is 46.1 Å². The normalized spacial score (nSPS) is 19.1. The lowest BCUT2D eigenvalue weighted by Crippen LogP contribution is -2.50. The zero-order valence-corrected chi connectivity index (χ0v) is 53.2. The van der Waals surface area contributed by atoms with Crippen LogP contribution in [0.4, 0.5) is 4.79 Å². The molecule has 7 aromatic heterocycles. The summed E-state index contributed by atoms with van der Waals surface area (Å²) in [5.41, 5.74) is 14.2. The van der Waals surface area contributed by atoms with Crippen molar-refractivity contribution in [2.75, 3.05) is 33.7 Å². The third-order valence-corrected chi connectivity index (χ3v) is 20.3. The number of carbonyl (C=O) groups is 7. The van der Waals surface area contributed by atoms with Crippen LogP contribution in [-0.4, -0.2) is 142 Å². The van der Waals surface area contributed by atoms with Crippen LogP contribution in [0.15, 0.2) is 93.6 Å². The number of fused-ring (bicyclic) bond motifs is 16. The minimum absolute atomic E-state index is 0.0136. The number of aryl methyl sites for hydroxylation is 1. The summed E-state index contributed by atoms with van der Waals surface area (Å²) in [4.78, 5) is 136. The van der Waals surface area contributed by atoms with E-state index >= 15 is 4.79 Å². The summed E-state index contributed by atoms with van der Waals surface area (Å²) >= 11 is 6.85. The van der Waals surface area contributed by atoms with Crippen LogP contribution >= 0.6 is 68.0 Å². The summed E-state index contributed by atoms with van der Waals surface area (Å²) in [5, 5.41) is 43.4. The molecule has 0 spiro atoms. The number of aliphatic hydroxyl groups excluding tert-OH is 1. The number of rotatable bonds is 13. The van der Waals surface area contributed by atoms with Gasteiger partial charge in [-0.3, -0.25) is 28.8 Å². The van der Waals surface area contributed by atoms with Crippen molar-refractivity contribution < 1.29 is 48.5 Å². The predicted octanol–water partition coefficient (Wildman–Crippen LogP) is 7.07. The number of carbonyl (C=O) groups excluding carboxylic acids is 7. The van der Waals surface area contributed by atoms with Crippen LogP contribution in [0.25, 0.3) is 43.4 Å². The van der Waals surface area contributed by atoms with Crippen molar-refractivity contribution in [2.24, 2.45) is 17.4 Å². The highest BCUT2D eigenvalue weighted by atomic mass is 32.1. The summed E-state index contributed by atoms with van der Waals surface area (Å²) in [7, 11) is 3.81. The molecule has 31 heteroatoms. The van der Waals surface area contributed by atoms with Gasteiger partial charge in [0.05, 0.1) is 30.3 Å². The number of phenolic OH excluding ortho intramolecular Hbond substituents is 1. The Bertz CT molecular complexity index is 4160. The number of hydrogen-bond donors (Lipinski definition) is 8. The Morgan fingerprint density at radius 1 is 0.711 bits per heavy atom. The molecule has 1 fully saturated rings.